The molecule has 0 saturated heterocycles. The van der Waals surface area contributed by atoms with E-state index in [2.05, 4.69) is 15.9 Å². The lowest BCUT2D eigenvalue weighted by Crippen LogP contribution is -2.26. The first-order valence-electron chi connectivity index (χ1n) is 5.52. The van der Waals surface area contributed by atoms with Crippen molar-refractivity contribution in [1.82, 2.24) is 4.90 Å². The van der Waals surface area contributed by atoms with Crippen LogP contribution >= 0.6 is 38.9 Å². The van der Waals surface area contributed by atoms with E-state index in [4.69, 9.17) is 17.3 Å². The van der Waals surface area contributed by atoms with E-state index in [-0.39, 0.29) is 5.91 Å². The number of carbonyl (C=O) groups is 1. The maximum atomic E-state index is 12.3. The molecule has 1 amide bonds. The van der Waals surface area contributed by atoms with Gasteiger partial charge in [0.05, 0.1) is 20.9 Å². The highest BCUT2D eigenvalue weighted by Gasteiger charge is 2.16. The molecule has 0 aliphatic rings. The van der Waals surface area contributed by atoms with Gasteiger partial charge in [0, 0.05) is 17.6 Å². The van der Waals surface area contributed by atoms with Crippen molar-refractivity contribution in [2.45, 2.75) is 6.54 Å². The number of anilines is 1. The van der Waals surface area contributed by atoms with Crippen molar-refractivity contribution in [3.05, 3.63) is 49.6 Å². The third-order valence-electron chi connectivity index (χ3n) is 2.63. The Morgan fingerprint density at radius 3 is 2.79 bits per heavy atom. The molecule has 1 aromatic heterocycles. The topological polar surface area (TPSA) is 46.3 Å². The average molecular weight is 360 g/mol. The van der Waals surface area contributed by atoms with Crippen molar-refractivity contribution < 1.29 is 4.79 Å². The summed E-state index contributed by atoms with van der Waals surface area (Å²) in [6.45, 7) is 0.525. The summed E-state index contributed by atoms with van der Waals surface area (Å²) in [6.07, 6.45) is 0. The van der Waals surface area contributed by atoms with Crippen LogP contribution in [0.2, 0.25) is 4.34 Å². The van der Waals surface area contributed by atoms with Gasteiger partial charge in [-0.2, -0.15) is 0 Å². The van der Waals surface area contributed by atoms with Gasteiger partial charge in [-0.1, -0.05) is 17.7 Å². The highest BCUT2D eigenvalue weighted by molar-refractivity contribution is 9.10. The number of nitrogen functional groups attached to an aromatic ring is 1. The predicted octanol–water partition coefficient (Wildman–Crippen LogP) is 4.02. The van der Waals surface area contributed by atoms with Crippen LogP contribution in [-0.2, 0) is 6.54 Å². The smallest absolute Gasteiger partial charge is 0.255 e. The lowest BCUT2D eigenvalue weighted by molar-refractivity contribution is 0.0785. The largest absolute Gasteiger partial charge is 0.398 e. The second-order valence-electron chi connectivity index (χ2n) is 4.08. The van der Waals surface area contributed by atoms with Crippen molar-refractivity contribution in [3.8, 4) is 0 Å². The Hall–Kier alpha value is -1.04. The molecule has 0 spiro atoms. The van der Waals surface area contributed by atoms with Gasteiger partial charge in [-0.05, 0) is 40.2 Å². The molecule has 0 bridgehead atoms. The molecule has 19 heavy (non-hydrogen) atoms. The molecule has 2 N–H and O–H groups in total. The van der Waals surface area contributed by atoms with Gasteiger partial charge in [-0.3, -0.25) is 4.79 Å². The summed E-state index contributed by atoms with van der Waals surface area (Å²) < 4.78 is 1.36. The fourth-order valence-corrected chi connectivity index (χ4v) is 3.24. The van der Waals surface area contributed by atoms with E-state index in [0.29, 0.717) is 22.3 Å². The first-order chi connectivity index (χ1) is 8.99. The number of nitrogens with two attached hydrogens (primary N) is 1. The minimum Gasteiger partial charge on any atom is -0.398 e. The van der Waals surface area contributed by atoms with E-state index >= 15 is 0 Å². The number of halogens is 2. The van der Waals surface area contributed by atoms with Crippen molar-refractivity contribution in [3.63, 3.8) is 0 Å². The molecule has 6 heteroatoms. The zero-order chi connectivity index (χ0) is 14.0. The summed E-state index contributed by atoms with van der Waals surface area (Å²) in [7, 11) is 1.76. The lowest BCUT2D eigenvalue weighted by atomic mass is 10.2. The first kappa shape index (κ1) is 14.4. The number of thiophene rings is 1. The highest BCUT2D eigenvalue weighted by atomic mass is 79.9. The standard InChI is InChI=1S/C13H12BrClN2OS/c1-17(7-8-5-6-11(15)19-8)13(18)9-3-2-4-10(16)12(9)14/h2-6H,7,16H2,1H3. The van der Waals surface area contributed by atoms with Crippen molar-refractivity contribution in [1.29, 1.82) is 0 Å². The number of hydrogen-bond acceptors (Lipinski definition) is 3. The second-order valence-corrected chi connectivity index (χ2v) is 6.67. The van der Waals surface area contributed by atoms with E-state index in [0.717, 1.165) is 9.21 Å². The Morgan fingerprint density at radius 1 is 1.42 bits per heavy atom. The molecular weight excluding hydrogens is 348 g/mol. The Kier molecular flexibility index (Phi) is 4.50. The number of rotatable bonds is 3. The minimum atomic E-state index is -0.0799. The fourth-order valence-electron chi connectivity index (χ4n) is 1.66. The van der Waals surface area contributed by atoms with Gasteiger partial charge in [-0.25, -0.2) is 0 Å². The van der Waals surface area contributed by atoms with E-state index in [1.54, 1.807) is 30.1 Å². The molecule has 3 nitrogen and oxygen atoms in total. The van der Waals surface area contributed by atoms with E-state index in [9.17, 15) is 4.79 Å². The summed E-state index contributed by atoms with van der Waals surface area (Å²) in [6, 6.07) is 9.02. The van der Waals surface area contributed by atoms with Crippen LogP contribution in [0.15, 0.2) is 34.8 Å². The van der Waals surface area contributed by atoms with E-state index in [1.165, 1.54) is 11.3 Å². The monoisotopic (exact) mass is 358 g/mol. The summed E-state index contributed by atoms with van der Waals surface area (Å²) in [5.41, 5.74) is 6.90. The Bertz CT molecular complexity index is 614. The normalized spacial score (nSPS) is 10.5. The molecule has 2 rings (SSSR count). The van der Waals surface area contributed by atoms with Crippen molar-refractivity contribution in [2.75, 3.05) is 12.8 Å². The molecule has 0 unspecified atom stereocenters. The van der Waals surface area contributed by atoms with Crippen LogP contribution in [0.5, 0.6) is 0 Å². The highest BCUT2D eigenvalue weighted by Crippen LogP contribution is 2.26. The maximum absolute atomic E-state index is 12.3. The van der Waals surface area contributed by atoms with Crippen LogP contribution < -0.4 is 5.73 Å². The molecule has 100 valence electrons. The van der Waals surface area contributed by atoms with Gasteiger partial charge in [0.1, 0.15) is 0 Å². The quantitative estimate of drug-likeness (QED) is 0.841. The Morgan fingerprint density at radius 2 is 2.16 bits per heavy atom. The average Bonchev–Trinajstić information content (AvgIpc) is 2.77. The lowest BCUT2D eigenvalue weighted by Gasteiger charge is -2.17. The van der Waals surface area contributed by atoms with Crippen molar-refractivity contribution >= 4 is 50.5 Å². The molecule has 0 radical (unpaired) electrons. The van der Waals surface area contributed by atoms with Gasteiger partial charge in [0.15, 0.2) is 0 Å². The van der Waals surface area contributed by atoms with Crippen LogP contribution in [0.1, 0.15) is 15.2 Å². The van der Waals surface area contributed by atoms with E-state index in [1.807, 2.05) is 12.1 Å². The third-order valence-corrected chi connectivity index (χ3v) is 4.73. The SMILES string of the molecule is CN(Cc1ccc(Cl)s1)C(=O)c1cccc(N)c1Br. The van der Waals surface area contributed by atoms with Crippen molar-refractivity contribution in [2.24, 2.45) is 0 Å². The number of nitrogens with zero attached hydrogens (tertiary/aromatic N) is 1. The number of amides is 1. The van der Waals surface area contributed by atoms with Crippen LogP contribution in [-0.4, -0.2) is 17.9 Å². The number of hydrogen-bond donors (Lipinski definition) is 1. The van der Waals surface area contributed by atoms with Gasteiger partial charge in [0.2, 0.25) is 0 Å². The van der Waals surface area contributed by atoms with Crippen LogP contribution in [0.25, 0.3) is 0 Å². The zero-order valence-electron chi connectivity index (χ0n) is 10.2. The third kappa shape index (κ3) is 3.29. The molecule has 0 aliphatic carbocycles. The summed E-state index contributed by atoms with van der Waals surface area (Å²) in [5.74, 6) is -0.0799. The van der Waals surface area contributed by atoms with Crippen LogP contribution in [0.3, 0.4) is 0 Å². The molecule has 2 aromatic rings. The Balaban J connectivity index is 2.17. The Labute approximate surface area is 129 Å². The summed E-state index contributed by atoms with van der Waals surface area (Å²) >= 11 is 10.7. The summed E-state index contributed by atoms with van der Waals surface area (Å²) in [5, 5.41) is 0. The maximum Gasteiger partial charge on any atom is 0.255 e. The van der Waals surface area contributed by atoms with Gasteiger partial charge < -0.3 is 10.6 Å². The molecule has 0 fully saturated rings. The molecule has 0 aliphatic heterocycles. The molecule has 0 atom stereocenters. The second kappa shape index (κ2) is 5.94. The molecule has 0 saturated carbocycles. The van der Waals surface area contributed by atoms with Crippen LogP contribution in [0.4, 0.5) is 5.69 Å². The minimum absolute atomic E-state index is 0.0799. The predicted molar refractivity (Wildman–Crippen MR) is 83.7 cm³/mol. The van der Waals surface area contributed by atoms with Gasteiger partial charge >= 0.3 is 0 Å². The van der Waals surface area contributed by atoms with E-state index < -0.39 is 0 Å². The van der Waals surface area contributed by atoms with Crippen LogP contribution in [0, 0.1) is 0 Å². The van der Waals surface area contributed by atoms with Gasteiger partial charge in [0.25, 0.3) is 5.91 Å². The number of carbonyl (C=O) groups excluding carboxylic acids is 1. The van der Waals surface area contributed by atoms with Gasteiger partial charge in [-0.15, -0.1) is 11.3 Å². The zero-order valence-corrected chi connectivity index (χ0v) is 13.3. The summed E-state index contributed by atoms with van der Waals surface area (Å²) in [4.78, 5) is 15.0. The number of benzene rings is 1. The molecule has 1 heterocycles. The fraction of sp³-hybridized carbons (Fsp3) is 0.154. The molecule has 1 aromatic carbocycles. The first-order valence-corrected chi connectivity index (χ1v) is 7.51. The molecular formula is C13H12BrClN2OS.